The Bertz CT molecular complexity index is 184. The summed E-state index contributed by atoms with van der Waals surface area (Å²) in [7, 11) is 0. The molecule has 0 aromatic rings. The Kier molecular flexibility index (Phi) is 9.18. The zero-order chi connectivity index (χ0) is 12.4. The molecule has 0 aromatic carbocycles. The minimum Gasteiger partial charge on any atom is -0.394 e. The summed E-state index contributed by atoms with van der Waals surface area (Å²) >= 11 is 0. The quantitative estimate of drug-likeness (QED) is 0.435. The second kappa shape index (κ2) is 9.57. The highest BCUT2D eigenvalue weighted by Gasteiger charge is 2.12. The number of nitrogens with one attached hydrogen (secondary N) is 1. The number of nitrogens with two attached hydrogens (primary N) is 1. The molecule has 16 heavy (non-hydrogen) atoms. The van der Waals surface area contributed by atoms with Gasteiger partial charge in [0, 0.05) is 6.42 Å². The van der Waals surface area contributed by atoms with Gasteiger partial charge in [0.05, 0.1) is 19.3 Å². The molecule has 5 nitrogen and oxygen atoms in total. The number of rotatable bonds is 9. The zero-order valence-corrected chi connectivity index (χ0v) is 9.98. The van der Waals surface area contributed by atoms with Gasteiger partial charge in [0.25, 0.3) is 0 Å². The van der Waals surface area contributed by atoms with Crippen LogP contribution in [0.1, 0.15) is 32.6 Å². The lowest BCUT2D eigenvalue weighted by Gasteiger charge is -2.16. The lowest BCUT2D eigenvalue weighted by Crippen LogP contribution is -2.40. The zero-order valence-electron chi connectivity index (χ0n) is 9.98. The van der Waals surface area contributed by atoms with Crippen molar-refractivity contribution < 1.29 is 15.0 Å². The number of carbonyl (C=O) groups excluding carboxylic acids is 1. The molecular weight excluding hydrogens is 208 g/mol. The van der Waals surface area contributed by atoms with Crippen LogP contribution in [0.15, 0.2) is 0 Å². The van der Waals surface area contributed by atoms with E-state index in [9.17, 15) is 4.79 Å². The van der Waals surface area contributed by atoms with E-state index in [1.54, 1.807) is 0 Å². The molecular formula is C11H24N2O3. The molecule has 0 saturated carbocycles. The second-order valence-electron chi connectivity index (χ2n) is 4.02. The van der Waals surface area contributed by atoms with Gasteiger partial charge < -0.3 is 21.3 Å². The van der Waals surface area contributed by atoms with Gasteiger partial charge in [-0.2, -0.15) is 0 Å². The van der Waals surface area contributed by atoms with Crippen LogP contribution in [0, 0.1) is 5.92 Å². The van der Waals surface area contributed by atoms with Crippen LogP contribution in [0.3, 0.4) is 0 Å². The van der Waals surface area contributed by atoms with Gasteiger partial charge >= 0.3 is 0 Å². The molecule has 0 aliphatic carbocycles. The van der Waals surface area contributed by atoms with Crippen molar-refractivity contribution in [1.29, 1.82) is 0 Å². The fourth-order valence-electron chi connectivity index (χ4n) is 1.57. The van der Waals surface area contributed by atoms with Crippen molar-refractivity contribution in [1.82, 2.24) is 5.32 Å². The van der Waals surface area contributed by atoms with E-state index in [1.165, 1.54) is 0 Å². The van der Waals surface area contributed by atoms with Crippen LogP contribution >= 0.6 is 0 Å². The van der Waals surface area contributed by atoms with E-state index in [-0.39, 0.29) is 19.1 Å². The van der Waals surface area contributed by atoms with Crippen molar-refractivity contribution in [3.8, 4) is 0 Å². The summed E-state index contributed by atoms with van der Waals surface area (Å²) in [6.07, 6.45) is 3.19. The standard InChI is InChI=1S/C11H24N2O3/c1-2-9(5-6-12)3-4-11(16)13-10(7-14)8-15/h9-10,14-15H,2-8,12H2,1H3,(H,13,16). The predicted octanol–water partition coefficient (Wildman–Crippen LogP) is -0.389. The van der Waals surface area contributed by atoms with E-state index in [0.717, 1.165) is 19.3 Å². The lowest BCUT2D eigenvalue weighted by molar-refractivity contribution is -0.122. The smallest absolute Gasteiger partial charge is 0.220 e. The number of hydrogen-bond acceptors (Lipinski definition) is 4. The first kappa shape index (κ1) is 15.3. The molecule has 0 saturated heterocycles. The summed E-state index contributed by atoms with van der Waals surface area (Å²) in [6, 6.07) is -0.540. The number of carbonyl (C=O) groups is 1. The summed E-state index contributed by atoms with van der Waals surface area (Å²) in [5.41, 5.74) is 5.47. The van der Waals surface area contributed by atoms with Crippen molar-refractivity contribution in [3.05, 3.63) is 0 Å². The molecule has 0 radical (unpaired) electrons. The molecule has 0 spiro atoms. The Hall–Kier alpha value is -0.650. The third-order valence-electron chi connectivity index (χ3n) is 2.74. The predicted molar refractivity (Wildman–Crippen MR) is 62.8 cm³/mol. The van der Waals surface area contributed by atoms with Crippen molar-refractivity contribution in [2.75, 3.05) is 19.8 Å². The highest BCUT2D eigenvalue weighted by Crippen LogP contribution is 2.14. The van der Waals surface area contributed by atoms with Gasteiger partial charge in [-0.1, -0.05) is 13.3 Å². The van der Waals surface area contributed by atoms with E-state index >= 15 is 0 Å². The normalized spacial score (nSPS) is 12.8. The summed E-state index contributed by atoms with van der Waals surface area (Å²) < 4.78 is 0. The fraction of sp³-hybridized carbons (Fsp3) is 0.909. The number of amides is 1. The number of aliphatic hydroxyl groups excluding tert-OH is 2. The minimum absolute atomic E-state index is 0.122. The monoisotopic (exact) mass is 232 g/mol. The molecule has 1 atom stereocenters. The first-order valence-corrected chi connectivity index (χ1v) is 5.89. The average molecular weight is 232 g/mol. The fourth-order valence-corrected chi connectivity index (χ4v) is 1.57. The van der Waals surface area contributed by atoms with Crippen molar-refractivity contribution in [2.45, 2.75) is 38.6 Å². The Morgan fingerprint density at radius 2 is 1.94 bits per heavy atom. The van der Waals surface area contributed by atoms with E-state index in [2.05, 4.69) is 12.2 Å². The molecule has 1 amide bonds. The molecule has 0 heterocycles. The molecule has 0 aliphatic heterocycles. The molecule has 0 aromatic heterocycles. The van der Waals surface area contributed by atoms with Crippen molar-refractivity contribution >= 4 is 5.91 Å². The molecule has 0 bridgehead atoms. The minimum atomic E-state index is -0.540. The lowest BCUT2D eigenvalue weighted by atomic mass is 9.96. The Balaban J connectivity index is 3.78. The maximum atomic E-state index is 11.4. The summed E-state index contributed by atoms with van der Waals surface area (Å²) in [4.78, 5) is 11.4. The molecule has 0 rings (SSSR count). The van der Waals surface area contributed by atoms with E-state index in [1.807, 2.05) is 0 Å². The first-order valence-electron chi connectivity index (χ1n) is 5.89. The maximum absolute atomic E-state index is 11.4. The van der Waals surface area contributed by atoms with Crippen LogP contribution in [-0.2, 0) is 4.79 Å². The maximum Gasteiger partial charge on any atom is 0.220 e. The molecule has 0 fully saturated rings. The van der Waals surface area contributed by atoms with E-state index in [4.69, 9.17) is 15.9 Å². The van der Waals surface area contributed by atoms with E-state index in [0.29, 0.717) is 18.9 Å². The molecule has 0 aliphatic rings. The summed E-state index contributed by atoms with van der Waals surface area (Å²) in [6.45, 7) is 2.27. The van der Waals surface area contributed by atoms with Gasteiger partial charge in [0.2, 0.25) is 5.91 Å². The average Bonchev–Trinajstić information content (AvgIpc) is 2.31. The van der Waals surface area contributed by atoms with Crippen LogP contribution < -0.4 is 11.1 Å². The first-order chi connectivity index (χ1) is 7.67. The van der Waals surface area contributed by atoms with Crippen LogP contribution in [0.25, 0.3) is 0 Å². The number of aliphatic hydroxyl groups is 2. The highest BCUT2D eigenvalue weighted by atomic mass is 16.3. The Morgan fingerprint density at radius 1 is 1.31 bits per heavy atom. The van der Waals surface area contributed by atoms with Crippen molar-refractivity contribution in [2.24, 2.45) is 11.7 Å². The Labute approximate surface area is 97.0 Å². The van der Waals surface area contributed by atoms with Gasteiger partial charge in [-0.15, -0.1) is 0 Å². The van der Waals surface area contributed by atoms with Crippen LogP contribution in [-0.4, -0.2) is 41.9 Å². The Morgan fingerprint density at radius 3 is 2.38 bits per heavy atom. The molecule has 1 unspecified atom stereocenters. The third-order valence-corrected chi connectivity index (χ3v) is 2.74. The topological polar surface area (TPSA) is 95.6 Å². The number of hydrogen-bond donors (Lipinski definition) is 4. The van der Waals surface area contributed by atoms with Gasteiger partial charge in [-0.3, -0.25) is 4.79 Å². The largest absolute Gasteiger partial charge is 0.394 e. The second-order valence-corrected chi connectivity index (χ2v) is 4.02. The van der Waals surface area contributed by atoms with Crippen LogP contribution in [0.2, 0.25) is 0 Å². The van der Waals surface area contributed by atoms with Crippen LogP contribution in [0.5, 0.6) is 0 Å². The van der Waals surface area contributed by atoms with Crippen molar-refractivity contribution in [3.63, 3.8) is 0 Å². The van der Waals surface area contributed by atoms with Gasteiger partial charge in [0.1, 0.15) is 0 Å². The van der Waals surface area contributed by atoms with Gasteiger partial charge in [0.15, 0.2) is 0 Å². The molecule has 5 N–H and O–H groups in total. The molecule has 5 heteroatoms. The summed E-state index contributed by atoms with van der Waals surface area (Å²) in [5.74, 6) is 0.362. The van der Waals surface area contributed by atoms with E-state index < -0.39 is 6.04 Å². The third kappa shape index (κ3) is 6.76. The van der Waals surface area contributed by atoms with Gasteiger partial charge in [-0.25, -0.2) is 0 Å². The highest BCUT2D eigenvalue weighted by molar-refractivity contribution is 5.76. The van der Waals surface area contributed by atoms with Crippen LogP contribution in [0.4, 0.5) is 0 Å². The SMILES string of the molecule is CCC(CCN)CCC(=O)NC(CO)CO. The van der Waals surface area contributed by atoms with Gasteiger partial charge in [-0.05, 0) is 25.3 Å². The summed E-state index contributed by atoms with van der Waals surface area (Å²) in [5, 5.41) is 20.2. The molecule has 96 valence electrons.